The quantitative estimate of drug-likeness (QED) is 0.780. The average molecular weight is 373 g/mol. The normalized spacial score (nSPS) is 16.6. The maximum absolute atomic E-state index is 12.3. The molecule has 1 saturated carbocycles. The number of benzene rings is 1. The van der Waals surface area contributed by atoms with E-state index < -0.39 is 10.0 Å². The summed E-state index contributed by atoms with van der Waals surface area (Å²) in [7, 11) is -3.58. The second-order valence-corrected chi connectivity index (χ2v) is 8.41. The van der Waals surface area contributed by atoms with Crippen LogP contribution in [0.3, 0.4) is 0 Å². The highest BCUT2D eigenvalue weighted by atomic mass is 35.5. The Balaban J connectivity index is 1.94. The Labute approximate surface area is 149 Å². The van der Waals surface area contributed by atoms with E-state index in [2.05, 4.69) is 4.72 Å². The zero-order chi connectivity index (χ0) is 17.6. The molecule has 0 radical (unpaired) electrons. The van der Waals surface area contributed by atoms with Gasteiger partial charge in [0.2, 0.25) is 15.9 Å². The lowest BCUT2D eigenvalue weighted by Gasteiger charge is -2.30. The fraction of sp³-hybridized carbons (Fsp3) is 0.588. The molecule has 134 valence electrons. The predicted molar refractivity (Wildman–Crippen MR) is 95.5 cm³/mol. The number of nitrogens with one attached hydrogen (secondary N) is 1. The van der Waals surface area contributed by atoms with E-state index in [9.17, 15) is 13.2 Å². The Morgan fingerprint density at radius 3 is 2.29 bits per heavy atom. The van der Waals surface area contributed by atoms with E-state index in [1.165, 1.54) is 25.0 Å². The Morgan fingerprint density at radius 1 is 1.17 bits per heavy atom. The first kappa shape index (κ1) is 19.2. The number of sulfonamides is 1. The second kappa shape index (κ2) is 8.83. The first-order chi connectivity index (χ1) is 11.4. The fourth-order valence-corrected chi connectivity index (χ4v) is 4.31. The average Bonchev–Trinajstić information content (AvgIpc) is 2.80. The summed E-state index contributed by atoms with van der Waals surface area (Å²) < 4.78 is 27.1. The number of hydrogen-bond acceptors (Lipinski definition) is 3. The number of carbonyl (C=O) groups excluding carboxylic acids is 1. The van der Waals surface area contributed by atoms with Crippen LogP contribution in [0.25, 0.3) is 0 Å². The van der Waals surface area contributed by atoms with Gasteiger partial charge in [0.15, 0.2) is 0 Å². The van der Waals surface area contributed by atoms with Crippen LogP contribution in [0.2, 0.25) is 5.02 Å². The van der Waals surface area contributed by atoms with Gasteiger partial charge in [-0.15, -0.1) is 0 Å². The Hall–Kier alpha value is -1.11. The SMILES string of the molecule is CC(=O)N(CCNS(=O)(=O)c1ccc(Cl)cc1)C1CCCCCC1. The first-order valence-corrected chi connectivity index (χ1v) is 10.3. The molecule has 2 rings (SSSR count). The molecule has 0 unspecified atom stereocenters. The lowest BCUT2D eigenvalue weighted by atomic mass is 10.1. The summed E-state index contributed by atoms with van der Waals surface area (Å²) in [4.78, 5) is 13.9. The first-order valence-electron chi connectivity index (χ1n) is 8.42. The van der Waals surface area contributed by atoms with Crippen molar-refractivity contribution in [2.24, 2.45) is 0 Å². The minimum Gasteiger partial charge on any atom is -0.339 e. The Morgan fingerprint density at radius 2 is 1.75 bits per heavy atom. The molecule has 0 heterocycles. The Kier molecular flexibility index (Phi) is 7.07. The molecular formula is C17H25ClN2O3S. The number of hydrogen-bond donors (Lipinski definition) is 1. The largest absolute Gasteiger partial charge is 0.339 e. The van der Waals surface area contributed by atoms with Gasteiger partial charge in [-0.05, 0) is 37.1 Å². The van der Waals surface area contributed by atoms with Crippen molar-refractivity contribution in [2.75, 3.05) is 13.1 Å². The van der Waals surface area contributed by atoms with Crippen LogP contribution in [0.5, 0.6) is 0 Å². The van der Waals surface area contributed by atoms with E-state index in [1.807, 2.05) is 4.90 Å². The van der Waals surface area contributed by atoms with Crippen LogP contribution in [-0.2, 0) is 14.8 Å². The maximum atomic E-state index is 12.3. The van der Waals surface area contributed by atoms with E-state index in [1.54, 1.807) is 19.1 Å². The summed E-state index contributed by atoms with van der Waals surface area (Å²) in [5, 5.41) is 0.491. The maximum Gasteiger partial charge on any atom is 0.240 e. The van der Waals surface area contributed by atoms with Crippen LogP contribution in [0.1, 0.15) is 45.4 Å². The summed E-state index contributed by atoms with van der Waals surface area (Å²) in [5.41, 5.74) is 0. The van der Waals surface area contributed by atoms with Crippen molar-refractivity contribution >= 4 is 27.5 Å². The molecule has 1 N–H and O–H groups in total. The minimum atomic E-state index is -3.58. The highest BCUT2D eigenvalue weighted by Crippen LogP contribution is 2.22. The molecule has 1 fully saturated rings. The van der Waals surface area contributed by atoms with Crippen molar-refractivity contribution in [1.82, 2.24) is 9.62 Å². The third-order valence-corrected chi connectivity index (χ3v) is 6.17. The molecule has 1 aromatic rings. The highest BCUT2D eigenvalue weighted by molar-refractivity contribution is 7.89. The summed E-state index contributed by atoms with van der Waals surface area (Å²) >= 11 is 5.78. The van der Waals surface area contributed by atoms with Crippen molar-refractivity contribution in [3.63, 3.8) is 0 Å². The number of carbonyl (C=O) groups is 1. The van der Waals surface area contributed by atoms with Crippen LogP contribution < -0.4 is 4.72 Å². The minimum absolute atomic E-state index is 0.00703. The third kappa shape index (κ3) is 5.46. The van der Waals surface area contributed by atoms with Crippen molar-refractivity contribution in [1.29, 1.82) is 0 Å². The topological polar surface area (TPSA) is 66.5 Å². The summed E-state index contributed by atoms with van der Waals surface area (Å²) in [5.74, 6) is 0.00703. The molecular weight excluding hydrogens is 348 g/mol. The Bertz CT molecular complexity index is 638. The molecule has 24 heavy (non-hydrogen) atoms. The van der Waals surface area contributed by atoms with Crippen molar-refractivity contribution < 1.29 is 13.2 Å². The van der Waals surface area contributed by atoms with E-state index in [0.29, 0.717) is 11.6 Å². The number of rotatable bonds is 6. The zero-order valence-corrected chi connectivity index (χ0v) is 15.6. The molecule has 1 aromatic carbocycles. The van der Waals surface area contributed by atoms with Gasteiger partial charge in [0.1, 0.15) is 0 Å². The number of halogens is 1. The molecule has 1 aliphatic carbocycles. The van der Waals surface area contributed by atoms with E-state index >= 15 is 0 Å². The van der Waals surface area contributed by atoms with Crippen LogP contribution in [0.15, 0.2) is 29.2 Å². The van der Waals surface area contributed by atoms with Gasteiger partial charge in [-0.25, -0.2) is 13.1 Å². The summed E-state index contributed by atoms with van der Waals surface area (Å²) in [6.45, 7) is 2.16. The standard InChI is InChI=1S/C17H25ClN2O3S/c1-14(21)20(16-6-4-2-3-5-7-16)13-12-19-24(22,23)17-10-8-15(18)9-11-17/h8-11,16,19H,2-7,12-13H2,1H3. The molecule has 1 amide bonds. The van der Waals surface area contributed by atoms with Crippen LogP contribution in [0, 0.1) is 0 Å². The molecule has 1 aliphatic rings. The highest BCUT2D eigenvalue weighted by Gasteiger charge is 2.22. The molecule has 0 atom stereocenters. The molecule has 0 aromatic heterocycles. The van der Waals surface area contributed by atoms with Gasteiger partial charge in [-0.3, -0.25) is 4.79 Å². The fourth-order valence-electron chi connectivity index (χ4n) is 3.16. The third-order valence-electron chi connectivity index (χ3n) is 4.44. The van der Waals surface area contributed by atoms with Gasteiger partial charge < -0.3 is 4.90 Å². The lowest BCUT2D eigenvalue weighted by Crippen LogP contribution is -2.43. The van der Waals surface area contributed by atoms with Gasteiger partial charge in [0.05, 0.1) is 4.90 Å². The smallest absolute Gasteiger partial charge is 0.240 e. The number of nitrogens with zero attached hydrogens (tertiary/aromatic N) is 1. The van der Waals surface area contributed by atoms with Gasteiger partial charge in [-0.1, -0.05) is 37.3 Å². The van der Waals surface area contributed by atoms with Crippen LogP contribution in [-0.4, -0.2) is 38.4 Å². The zero-order valence-electron chi connectivity index (χ0n) is 14.0. The number of amides is 1. The summed E-state index contributed by atoms with van der Waals surface area (Å²) in [6.07, 6.45) is 6.69. The van der Waals surface area contributed by atoms with E-state index in [0.717, 1.165) is 25.7 Å². The molecule has 0 saturated heterocycles. The molecule has 0 bridgehead atoms. The van der Waals surface area contributed by atoms with Gasteiger partial charge in [0.25, 0.3) is 0 Å². The van der Waals surface area contributed by atoms with Crippen molar-refractivity contribution in [3.8, 4) is 0 Å². The van der Waals surface area contributed by atoms with Gasteiger partial charge in [0, 0.05) is 31.1 Å². The van der Waals surface area contributed by atoms with Crippen LogP contribution in [0.4, 0.5) is 0 Å². The van der Waals surface area contributed by atoms with Crippen molar-refractivity contribution in [3.05, 3.63) is 29.3 Å². The monoisotopic (exact) mass is 372 g/mol. The van der Waals surface area contributed by atoms with E-state index in [-0.39, 0.29) is 23.4 Å². The molecule has 0 spiro atoms. The predicted octanol–water partition coefficient (Wildman–Crippen LogP) is 3.19. The summed E-state index contributed by atoms with van der Waals surface area (Å²) in [6, 6.07) is 6.26. The lowest BCUT2D eigenvalue weighted by molar-refractivity contribution is -0.131. The molecule has 5 nitrogen and oxygen atoms in total. The van der Waals surface area contributed by atoms with Crippen LogP contribution >= 0.6 is 11.6 Å². The van der Waals surface area contributed by atoms with E-state index in [4.69, 9.17) is 11.6 Å². The van der Waals surface area contributed by atoms with Gasteiger partial charge >= 0.3 is 0 Å². The molecule has 7 heteroatoms. The second-order valence-electron chi connectivity index (χ2n) is 6.21. The molecule has 0 aliphatic heterocycles. The van der Waals surface area contributed by atoms with Crippen molar-refractivity contribution in [2.45, 2.75) is 56.4 Å². The van der Waals surface area contributed by atoms with Gasteiger partial charge in [-0.2, -0.15) is 0 Å².